The van der Waals surface area contributed by atoms with Crippen molar-refractivity contribution in [3.8, 4) is 11.5 Å². The highest BCUT2D eigenvalue weighted by Gasteiger charge is 2.20. The van der Waals surface area contributed by atoms with Crippen LogP contribution in [0.3, 0.4) is 0 Å². The molecule has 6 aromatic carbocycles. The normalized spacial score (nSPS) is 12.5. The average molecular weight is 605 g/mol. The molecule has 0 bridgehead atoms. The van der Waals surface area contributed by atoms with E-state index in [0.29, 0.717) is 16.5 Å². The minimum Gasteiger partial charge on any atom is -0.425 e. The minimum atomic E-state index is -0.208. The molecule has 6 rings (SSSR count). The first-order valence-electron chi connectivity index (χ1n) is 15.2. The van der Waals surface area contributed by atoms with Crippen LogP contribution in [0.5, 0.6) is 11.5 Å². The molecule has 0 radical (unpaired) electrons. The number of aryl methyl sites for hydroxylation is 1. The maximum absolute atomic E-state index is 12.3. The van der Waals surface area contributed by atoms with Gasteiger partial charge in [0.25, 0.3) is 0 Å². The highest BCUT2D eigenvalue weighted by Crippen LogP contribution is 2.41. The first-order chi connectivity index (χ1) is 21.3. The van der Waals surface area contributed by atoms with E-state index in [1.807, 2.05) is 113 Å². The number of carbonyl (C=O) groups excluding carboxylic acids is 2. The summed E-state index contributed by atoms with van der Waals surface area (Å²) in [5.74, 6) is 0.678. The lowest BCUT2D eigenvalue weighted by molar-refractivity contribution is -0.139. The molecule has 6 aromatic rings. The van der Waals surface area contributed by atoms with Gasteiger partial charge in [0.1, 0.15) is 11.5 Å². The largest absolute Gasteiger partial charge is 0.425 e. The Morgan fingerprint density at radius 3 is 1.14 bits per heavy atom. The Morgan fingerprint density at radius 2 is 0.818 bits per heavy atom. The summed E-state index contributed by atoms with van der Waals surface area (Å²) in [6.45, 7) is 9.87. The Balaban J connectivity index is 0.000000175. The van der Waals surface area contributed by atoms with Gasteiger partial charge in [0.05, 0.1) is 16.9 Å². The zero-order valence-corrected chi connectivity index (χ0v) is 26.6. The molecule has 0 spiro atoms. The molecule has 0 heterocycles. The van der Waals surface area contributed by atoms with Crippen molar-refractivity contribution in [3.63, 3.8) is 0 Å². The summed E-state index contributed by atoms with van der Waals surface area (Å²) in [4.78, 5) is 24.6. The lowest BCUT2D eigenvalue weighted by Crippen LogP contribution is -2.17. The molecule has 44 heavy (non-hydrogen) atoms. The van der Waals surface area contributed by atoms with Crippen LogP contribution in [0.25, 0.3) is 43.1 Å². The summed E-state index contributed by atoms with van der Waals surface area (Å²) in [5.41, 5.74) is 1.22. The fourth-order valence-electron chi connectivity index (χ4n) is 5.30. The molecule has 2 unspecified atom stereocenters. The van der Waals surface area contributed by atoms with E-state index in [9.17, 15) is 9.59 Å². The molecule has 224 valence electrons. The predicted molar refractivity (Wildman–Crippen MR) is 183 cm³/mol. The van der Waals surface area contributed by atoms with Gasteiger partial charge in [-0.3, -0.25) is 9.59 Å². The lowest BCUT2D eigenvalue weighted by atomic mass is 9.96. The Morgan fingerprint density at radius 1 is 0.545 bits per heavy atom. The van der Waals surface area contributed by atoms with Crippen molar-refractivity contribution < 1.29 is 19.1 Å². The van der Waals surface area contributed by atoms with Crippen LogP contribution in [-0.2, 0) is 9.59 Å². The second kappa shape index (κ2) is 13.5. The third kappa shape index (κ3) is 6.00. The van der Waals surface area contributed by atoms with Gasteiger partial charge >= 0.3 is 11.9 Å². The number of halogens is 1. The van der Waals surface area contributed by atoms with Crippen LogP contribution in [0.2, 0.25) is 5.02 Å². The molecule has 0 aliphatic rings. The van der Waals surface area contributed by atoms with E-state index in [0.717, 1.165) is 55.9 Å². The van der Waals surface area contributed by atoms with Crippen molar-refractivity contribution in [2.24, 2.45) is 11.8 Å². The molecule has 0 saturated heterocycles. The lowest BCUT2D eigenvalue weighted by Gasteiger charge is -2.16. The number of hydrogen-bond acceptors (Lipinski definition) is 4. The third-order valence-electron chi connectivity index (χ3n) is 8.40. The minimum absolute atomic E-state index is 0.0983. The van der Waals surface area contributed by atoms with Gasteiger partial charge in [0, 0.05) is 32.3 Å². The molecular formula is C39H37ClO4. The Bertz CT molecular complexity index is 1740. The van der Waals surface area contributed by atoms with Crippen LogP contribution < -0.4 is 9.47 Å². The van der Waals surface area contributed by atoms with Crippen molar-refractivity contribution in [3.05, 3.63) is 108 Å². The molecule has 0 N–H and O–H groups in total. The average Bonchev–Trinajstić information content (AvgIpc) is 3.07. The smallest absolute Gasteiger partial charge is 0.314 e. The van der Waals surface area contributed by atoms with E-state index in [1.54, 1.807) is 0 Å². The molecule has 2 atom stereocenters. The summed E-state index contributed by atoms with van der Waals surface area (Å²) in [7, 11) is 0. The highest BCUT2D eigenvalue weighted by molar-refractivity contribution is 6.41. The van der Waals surface area contributed by atoms with Gasteiger partial charge in [-0.25, -0.2) is 0 Å². The van der Waals surface area contributed by atoms with Crippen molar-refractivity contribution in [1.82, 2.24) is 0 Å². The zero-order chi connectivity index (χ0) is 31.4. The van der Waals surface area contributed by atoms with Gasteiger partial charge in [0.2, 0.25) is 0 Å². The van der Waals surface area contributed by atoms with Crippen LogP contribution in [0.4, 0.5) is 0 Å². The van der Waals surface area contributed by atoms with Gasteiger partial charge in [0.15, 0.2) is 0 Å². The summed E-state index contributed by atoms with van der Waals surface area (Å²) in [5, 5.41) is 8.47. The Kier molecular flexibility index (Phi) is 9.51. The van der Waals surface area contributed by atoms with E-state index in [-0.39, 0.29) is 23.8 Å². The van der Waals surface area contributed by atoms with Crippen LogP contribution in [0.1, 0.15) is 46.1 Å². The van der Waals surface area contributed by atoms with Crippen LogP contribution in [0.15, 0.2) is 97.1 Å². The van der Waals surface area contributed by atoms with E-state index in [2.05, 4.69) is 19.1 Å². The van der Waals surface area contributed by atoms with Crippen molar-refractivity contribution >= 4 is 66.6 Å². The molecule has 0 aliphatic heterocycles. The molecule has 0 aliphatic carbocycles. The highest BCUT2D eigenvalue weighted by atomic mass is 35.5. The molecule has 4 nitrogen and oxygen atoms in total. The Labute approximate surface area is 263 Å². The molecule has 0 saturated carbocycles. The molecule has 0 fully saturated rings. The monoisotopic (exact) mass is 604 g/mol. The standard InChI is InChI=1S/C20H20O2.C19H17ClO2/c1-4-13(2)20(21)22-19-17-11-7-5-9-15(17)14(3)16-10-6-8-12-18(16)19;1-3-12(2)19(21)22-18-15-10-6-4-8-13(15)17(20)14-9-5-7-11-16(14)18/h5-13H,4H2,1-3H3;4-12H,3H2,1-2H3. The number of carbonyl (C=O) groups is 2. The van der Waals surface area contributed by atoms with Gasteiger partial charge < -0.3 is 9.47 Å². The third-order valence-corrected chi connectivity index (χ3v) is 8.81. The van der Waals surface area contributed by atoms with Gasteiger partial charge in [-0.1, -0.05) is 136 Å². The number of rotatable bonds is 6. The van der Waals surface area contributed by atoms with Crippen molar-refractivity contribution in [1.29, 1.82) is 0 Å². The van der Waals surface area contributed by atoms with Crippen molar-refractivity contribution in [2.75, 3.05) is 0 Å². The number of hydrogen-bond donors (Lipinski definition) is 0. The molecule has 0 amide bonds. The summed E-state index contributed by atoms with van der Waals surface area (Å²) >= 11 is 6.53. The number of benzene rings is 6. The van der Waals surface area contributed by atoms with Crippen LogP contribution in [0, 0.1) is 18.8 Å². The zero-order valence-electron chi connectivity index (χ0n) is 25.8. The van der Waals surface area contributed by atoms with E-state index in [4.69, 9.17) is 21.1 Å². The summed E-state index contributed by atoms with van der Waals surface area (Å²) < 4.78 is 11.6. The molecule has 5 heteroatoms. The second-order valence-electron chi connectivity index (χ2n) is 11.2. The topological polar surface area (TPSA) is 52.6 Å². The predicted octanol–water partition coefficient (Wildman–Crippen LogP) is 10.9. The van der Waals surface area contributed by atoms with E-state index < -0.39 is 0 Å². The first-order valence-corrected chi connectivity index (χ1v) is 15.6. The van der Waals surface area contributed by atoms with Gasteiger partial charge in [-0.2, -0.15) is 0 Å². The number of fused-ring (bicyclic) bond motifs is 4. The fraction of sp³-hybridized carbons (Fsp3) is 0.231. The maximum Gasteiger partial charge on any atom is 0.314 e. The molecule has 0 aromatic heterocycles. The maximum atomic E-state index is 12.3. The fourth-order valence-corrected chi connectivity index (χ4v) is 5.63. The quantitative estimate of drug-likeness (QED) is 0.108. The number of esters is 2. The number of ether oxygens (including phenoxy) is 2. The first kappa shape index (κ1) is 31.0. The summed E-state index contributed by atoms with van der Waals surface area (Å²) in [6, 6.07) is 31.7. The summed E-state index contributed by atoms with van der Waals surface area (Å²) in [6.07, 6.45) is 1.53. The molecular weight excluding hydrogens is 568 g/mol. The van der Waals surface area contributed by atoms with Gasteiger partial charge in [-0.15, -0.1) is 0 Å². The van der Waals surface area contributed by atoms with Crippen LogP contribution in [-0.4, -0.2) is 11.9 Å². The SMILES string of the molecule is CCC(C)C(=O)Oc1c2ccccc2c(C)c2ccccc12.CCC(C)C(=O)Oc1c2ccccc2c(Cl)c2ccccc12. The van der Waals surface area contributed by atoms with E-state index >= 15 is 0 Å². The van der Waals surface area contributed by atoms with E-state index in [1.165, 1.54) is 5.56 Å². The second-order valence-corrected chi connectivity index (χ2v) is 11.6. The Hall–Kier alpha value is -4.41. The van der Waals surface area contributed by atoms with Gasteiger partial charge in [-0.05, 0) is 36.1 Å². The van der Waals surface area contributed by atoms with Crippen LogP contribution >= 0.6 is 11.6 Å². The van der Waals surface area contributed by atoms with Crippen molar-refractivity contribution in [2.45, 2.75) is 47.5 Å².